The van der Waals surface area contributed by atoms with Crippen LogP contribution in [0.3, 0.4) is 0 Å². The molecule has 0 aromatic heterocycles. The third kappa shape index (κ3) is 2.98. The Bertz CT molecular complexity index is 587. The number of thioether (sulfide) groups is 1. The van der Waals surface area contributed by atoms with E-state index in [2.05, 4.69) is 6.07 Å². The Balaban J connectivity index is 1.93. The molecule has 1 fully saturated rings. The first-order valence-corrected chi connectivity index (χ1v) is 9.02. The summed E-state index contributed by atoms with van der Waals surface area (Å²) in [5, 5.41) is 20.5. The van der Waals surface area contributed by atoms with Crippen molar-refractivity contribution in [1.82, 2.24) is 0 Å². The average Bonchev–Trinajstić information content (AvgIpc) is 2.52. The molecule has 1 saturated carbocycles. The van der Waals surface area contributed by atoms with Crippen molar-refractivity contribution in [1.29, 1.82) is 5.26 Å². The molecule has 3 rings (SSSR count). The van der Waals surface area contributed by atoms with Gasteiger partial charge in [-0.05, 0) is 44.9 Å². The molecule has 1 aromatic carbocycles. The lowest BCUT2D eigenvalue weighted by Gasteiger charge is -2.43. The zero-order chi connectivity index (χ0) is 15.7. The first-order valence-electron chi connectivity index (χ1n) is 8.08. The maximum Gasteiger partial charge on any atom is 0.131 e. The summed E-state index contributed by atoms with van der Waals surface area (Å²) in [5.41, 5.74) is 0.998. The van der Waals surface area contributed by atoms with Gasteiger partial charge in [-0.25, -0.2) is 0 Å². The number of benzene rings is 1. The normalized spacial score (nSPS) is 27.5. The summed E-state index contributed by atoms with van der Waals surface area (Å²) in [7, 11) is 0. The topological polar surface area (TPSA) is 53.2 Å². The quantitative estimate of drug-likeness (QED) is 0.888. The zero-order valence-electron chi connectivity index (χ0n) is 13.2. The molecular weight excluding hydrogens is 294 g/mol. The maximum absolute atomic E-state index is 10.8. The molecule has 0 radical (unpaired) electrons. The van der Waals surface area contributed by atoms with Crippen molar-refractivity contribution in [3.63, 3.8) is 0 Å². The number of aliphatic hydroxyl groups is 1. The number of rotatable bonds is 2. The van der Waals surface area contributed by atoms with Gasteiger partial charge in [-0.1, -0.05) is 19.3 Å². The standard InChI is InChI=1S/C18H23NO2S/c1-18(2)17(20)16(22-13-6-4-3-5-7-13)14-10-12(11-19)8-9-15(14)21-18/h8-10,13,16-17,20H,3-7H2,1-2H3. The number of aliphatic hydroxyl groups excluding tert-OH is 1. The Morgan fingerprint density at radius 3 is 2.68 bits per heavy atom. The molecule has 2 atom stereocenters. The van der Waals surface area contributed by atoms with E-state index in [9.17, 15) is 5.11 Å². The summed E-state index contributed by atoms with van der Waals surface area (Å²) in [6.45, 7) is 3.88. The van der Waals surface area contributed by atoms with E-state index < -0.39 is 11.7 Å². The van der Waals surface area contributed by atoms with Crippen molar-refractivity contribution in [3.8, 4) is 11.8 Å². The van der Waals surface area contributed by atoms with E-state index in [0.717, 1.165) is 11.3 Å². The lowest BCUT2D eigenvalue weighted by molar-refractivity contribution is -0.0430. The third-order valence-electron chi connectivity index (χ3n) is 4.71. The molecule has 1 aromatic rings. The maximum atomic E-state index is 10.8. The smallest absolute Gasteiger partial charge is 0.131 e. The SMILES string of the molecule is CC1(C)Oc2ccc(C#N)cc2C(SC2CCCCC2)C1O. The van der Waals surface area contributed by atoms with Crippen molar-refractivity contribution in [2.75, 3.05) is 0 Å². The van der Waals surface area contributed by atoms with Gasteiger partial charge in [-0.3, -0.25) is 0 Å². The summed E-state index contributed by atoms with van der Waals surface area (Å²) < 4.78 is 5.98. The second kappa shape index (κ2) is 6.14. The van der Waals surface area contributed by atoms with Crippen molar-refractivity contribution < 1.29 is 9.84 Å². The van der Waals surface area contributed by atoms with Gasteiger partial charge in [0, 0.05) is 10.8 Å². The van der Waals surface area contributed by atoms with Crippen LogP contribution in [0.4, 0.5) is 0 Å². The molecule has 2 unspecified atom stereocenters. The van der Waals surface area contributed by atoms with Crippen molar-refractivity contribution in [2.45, 2.75) is 68.2 Å². The molecule has 0 spiro atoms. The van der Waals surface area contributed by atoms with Gasteiger partial charge in [0.05, 0.1) is 16.9 Å². The molecular formula is C18H23NO2S. The fraction of sp³-hybridized carbons (Fsp3) is 0.611. The lowest BCUT2D eigenvalue weighted by atomic mass is 9.90. The number of fused-ring (bicyclic) bond motifs is 1. The highest BCUT2D eigenvalue weighted by Crippen LogP contribution is 2.50. The number of nitrogens with zero attached hydrogens (tertiary/aromatic N) is 1. The molecule has 1 N–H and O–H groups in total. The monoisotopic (exact) mass is 317 g/mol. The van der Waals surface area contributed by atoms with Crippen LogP contribution in [0.25, 0.3) is 0 Å². The van der Waals surface area contributed by atoms with E-state index in [1.165, 1.54) is 32.1 Å². The largest absolute Gasteiger partial charge is 0.485 e. The Kier molecular flexibility index (Phi) is 4.38. The van der Waals surface area contributed by atoms with Gasteiger partial charge in [0.2, 0.25) is 0 Å². The van der Waals surface area contributed by atoms with Crippen LogP contribution in [0.1, 0.15) is 62.3 Å². The van der Waals surface area contributed by atoms with Crippen LogP contribution >= 0.6 is 11.8 Å². The fourth-order valence-corrected chi connectivity index (χ4v) is 5.20. The van der Waals surface area contributed by atoms with Crippen molar-refractivity contribution in [2.24, 2.45) is 0 Å². The Hall–Kier alpha value is -1.18. The van der Waals surface area contributed by atoms with E-state index in [1.807, 2.05) is 37.7 Å². The highest BCUT2D eigenvalue weighted by atomic mass is 32.2. The molecule has 1 heterocycles. The number of hydrogen-bond donors (Lipinski definition) is 1. The van der Waals surface area contributed by atoms with Crippen LogP contribution in [0.5, 0.6) is 5.75 Å². The summed E-state index contributed by atoms with van der Waals surface area (Å²) in [6, 6.07) is 7.73. The lowest BCUT2D eigenvalue weighted by Crippen LogP contribution is -2.48. The summed E-state index contributed by atoms with van der Waals surface area (Å²) >= 11 is 1.87. The molecule has 3 nitrogen and oxygen atoms in total. The Morgan fingerprint density at radius 1 is 1.27 bits per heavy atom. The molecule has 2 aliphatic rings. The number of hydrogen-bond acceptors (Lipinski definition) is 4. The van der Waals surface area contributed by atoms with E-state index in [0.29, 0.717) is 10.8 Å². The fourth-order valence-electron chi connectivity index (χ4n) is 3.37. The van der Waals surface area contributed by atoms with Gasteiger partial charge in [-0.2, -0.15) is 5.26 Å². The second-order valence-corrected chi connectivity index (χ2v) is 8.28. The average molecular weight is 317 g/mol. The summed E-state index contributed by atoms with van der Waals surface area (Å²) in [5.74, 6) is 0.808. The van der Waals surface area contributed by atoms with Crippen LogP contribution in [-0.2, 0) is 0 Å². The van der Waals surface area contributed by atoms with Crippen LogP contribution < -0.4 is 4.74 Å². The van der Waals surface area contributed by atoms with Crippen LogP contribution in [0.15, 0.2) is 18.2 Å². The van der Waals surface area contributed by atoms with Crippen molar-refractivity contribution >= 4 is 11.8 Å². The van der Waals surface area contributed by atoms with Crippen molar-refractivity contribution in [3.05, 3.63) is 29.3 Å². The van der Waals surface area contributed by atoms with Crippen LogP contribution in [0.2, 0.25) is 0 Å². The van der Waals surface area contributed by atoms with E-state index >= 15 is 0 Å². The number of ether oxygens (including phenoxy) is 1. The second-order valence-electron chi connectivity index (χ2n) is 6.83. The molecule has 0 amide bonds. The van der Waals surface area contributed by atoms with Crippen LogP contribution in [0, 0.1) is 11.3 Å². The van der Waals surface area contributed by atoms with Gasteiger partial charge in [0.1, 0.15) is 17.5 Å². The van der Waals surface area contributed by atoms with E-state index in [-0.39, 0.29) is 5.25 Å². The molecule has 118 valence electrons. The molecule has 1 aliphatic heterocycles. The minimum Gasteiger partial charge on any atom is -0.485 e. The van der Waals surface area contributed by atoms with Gasteiger partial charge in [0.25, 0.3) is 0 Å². The Labute approximate surface area is 136 Å². The van der Waals surface area contributed by atoms with Crippen LogP contribution in [-0.4, -0.2) is 22.1 Å². The zero-order valence-corrected chi connectivity index (χ0v) is 14.0. The predicted molar refractivity (Wildman–Crippen MR) is 89.1 cm³/mol. The first kappa shape index (κ1) is 15.7. The highest BCUT2D eigenvalue weighted by molar-refractivity contribution is 8.00. The third-order valence-corrected chi connectivity index (χ3v) is 6.37. The molecule has 0 bridgehead atoms. The minimum absolute atomic E-state index is 0.0184. The minimum atomic E-state index is -0.604. The summed E-state index contributed by atoms with van der Waals surface area (Å²) in [6.07, 6.45) is 5.77. The summed E-state index contributed by atoms with van der Waals surface area (Å²) in [4.78, 5) is 0. The molecule has 22 heavy (non-hydrogen) atoms. The predicted octanol–water partition coefficient (Wildman–Crippen LogP) is 4.20. The molecule has 0 saturated heterocycles. The Morgan fingerprint density at radius 2 is 2.00 bits per heavy atom. The van der Waals surface area contributed by atoms with E-state index in [1.54, 1.807) is 6.07 Å². The van der Waals surface area contributed by atoms with Gasteiger partial charge >= 0.3 is 0 Å². The highest BCUT2D eigenvalue weighted by Gasteiger charge is 2.44. The molecule has 4 heteroatoms. The van der Waals surface area contributed by atoms with Gasteiger partial charge < -0.3 is 9.84 Å². The molecule has 1 aliphatic carbocycles. The van der Waals surface area contributed by atoms with Gasteiger partial charge in [0.15, 0.2) is 0 Å². The first-order chi connectivity index (χ1) is 10.5. The number of nitriles is 1. The van der Waals surface area contributed by atoms with Gasteiger partial charge in [-0.15, -0.1) is 11.8 Å². The van der Waals surface area contributed by atoms with E-state index in [4.69, 9.17) is 10.00 Å².